The third-order valence-corrected chi connectivity index (χ3v) is 8.03. The highest BCUT2D eigenvalue weighted by atomic mass is 16.5. The van der Waals surface area contributed by atoms with Crippen LogP contribution in [0.25, 0.3) is 11.0 Å². The second-order valence-electron chi connectivity index (χ2n) is 10.8. The molecule has 4 saturated carbocycles. The van der Waals surface area contributed by atoms with Crippen molar-refractivity contribution in [1.29, 1.82) is 0 Å². The maximum atomic E-state index is 13.0. The lowest BCUT2D eigenvalue weighted by Gasteiger charge is -2.56. The maximum Gasteiger partial charge on any atom is 0.306 e. The number of hydrogen-bond acceptors (Lipinski definition) is 5. The van der Waals surface area contributed by atoms with Gasteiger partial charge in [-0.15, -0.1) is 0 Å². The summed E-state index contributed by atoms with van der Waals surface area (Å²) in [5, 5.41) is 3.23. The number of fused-ring (bicyclic) bond motifs is 1. The molecule has 4 aliphatic rings. The average Bonchev–Trinajstić information content (AvgIpc) is 2.80. The molecule has 0 saturated heterocycles. The second-order valence-corrected chi connectivity index (χ2v) is 10.8. The summed E-state index contributed by atoms with van der Waals surface area (Å²) in [7, 11) is 0. The highest BCUT2D eigenvalue weighted by molar-refractivity contribution is 5.81. The molecule has 0 atom stereocenters. The van der Waals surface area contributed by atoms with E-state index in [0.717, 1.165) is 60.9 Å². The summed E-state index contributed by atoms with van der Waals surface area (Å²) in [6.45, 7) is 2.46. The van der Waals surface area contributed by atoms with E-state index >= 15 is 0 Å². The van der Waals surface area contributed by atoms with Crippen LogP contribution in [0, 0.1) is 17.8 Å². The predicted molar refractivity (Wildman–Crippen MR) is 129 cm³/mol. The van der Waals surface area contributed by atoms with Gasteiger partial charge >= 0.3 is 5.97 Å². The van der Waals surface area contributed by atoms with E-state index < -0.39 is 5.97 Å². The van der Waals surface area contributed by atoms with E-state index in [-0.39, 0.29) is 36.5 Å². The molecule has 7 heteroatoms. The third-order valence-electron chi connectivity index (χ3n) is 8.03. The topological polar surface area (TPSA) is 90.3 Å². The van der Waals surface area contributed by atoms with E-state index in [1.165, 1.54) is 19.3 Å². The first-order valence-corrected chi connectivity index (χ1v) is 12.9. The molecule has 34 heavy (non-hydrogen) atoms. The third kappa shape index (κ3) is 4.75. The maximum absolute atomic E-state index is 13.0. The fourth-order valence-electron chi connectivity index (χ4n) is 6.98. The molecule has 2 aromatic rings. The highest BCUT2D eigenvalue weighted by Gasteiger charge is 2.51. The molecule has 0 unspecified atom stereocenters. The zero-order valence-corrected chi connectivity index (χ0v) is 20.1. The van der Waals surface area contributed by atoms with Gasteiger partial charge in [-0.3, -0.25) is 14.4 Å². The predicted octanol–water partition coefficient (Wildman–Crippen LogP) is 3.76. The first-order valence-electron chi connectivity index (χ1n) is 12.9. The number of aromatic nitrogens is 2. The summed E-state index contributed by atoms with van der Waals surface area (Å²) in [6, 6.07) is 7.58. The summed E-state index contributed by atoms with van der Waals surface area (Å²) in [5.74, 6) is 1.54. The Kier molecular flexibility index (Phi) is 6.45. The largest absolute Gasteiger partial charge is 0.456 e. The van der Waals surface area contributed by atoms with Crippen molar-refractivity contribution in [3.8, 4) is 0 Å². The van der Waals surface area contributed by atoms with Crippen molar-refractivity contribution < 1.29 is 14.3 Å². The van der Waals surface area contributed by atoms with Gasteiger partial charge in [-0.1, -0.05) is 25.5 Å². The van der Waals surface area contributed by atoms with Gasteiger partial charge in [0.05, 0.1) is 17.5 Å². The van der Waals surface area contributed by atoms with Crippen LogP contribution >= 0.6 is 0 Å². The molecule has 4 bridgehead atoms. The van der Waals surface area contributed by atoms with E-state index in [9.17, 15) is 14.4 Å². The van der Waals surface area contributed by atoms with Crippen molar-refractivity contribution in [2.24, 2.45) is 17.8 Å². The van der Waals surface area contributed by atoms with E-state index in [4.69, 9.17) is 4.74 Å². The molecule has 4 fully saturated rings. The number of aryl methyl sites for hydroxylation is 2. The van der Waals surface area contributed by atoms with Crippen molar-refractivity contribution in [2.75, 3.05) is 6.61 Å². The Morgan fingerprint density at radius 3 is 2.47 bits per heavy atom. The zero-order chi connectivity index (χ0) is 23.7. The Morgan fingerprint density at radius 2 is 1.79 bits per heavy atom. The normalized spacial score (nSPS) is 27.1. The van der Waals surface area contributed by atoms with E-state index in [1.54, 1.807) is 4.57 Å². The standard InChI is InChI=1S/C27H35N3O4/c1-2-3-10-30-23-7-5-4-6-21(23)28-22(26(30)33)8-9-25(32)34-17-24(31)29-27-14-18-11-19(15-27)13-20(12-18)16-27/h4-7,18-20H,2-3,8-17H2,1H3,(H,29,31). The number of esters is 1. The van der Waals surface area contributed by atoms with Crippen LogP contribution in [0.15, 0.2) is 29.1 Å². The van der Waals surface area contributed by atoms with Crippen LogP contribution in [0.5, 0.6) is 0 Å². The van der Waals surface area contributed by atoms with Gasteiger partial charge in [0.25, 0.3) is 11.5 Å². The van der Waals surface area contributed by atoms with Gasteiger partial charge in [0.1, 0.15) is 5.69 Å². The van der Waals surface area contributed by atoms with Gasteiger partial charge in [-0.05, 0) is 74.8 Å². The lowest BCUT2D eigenvalue weighted by atomic mass is 9.53. The van der Waals surface area contributed by atoms with Gasteiger partial charge in [0, 0.05) is 18.5 Å². The second kappa shape index (κ2) is 9.51. The molecule has 0 radical (unpaired) electrons. The number of rotatable bonds is 9. The Bertz CT molecular complexity index is 1100. The minimum Gasteiger partial charge on any atom is -0.456 e. The van der Waals surface area contributed by atoms with Crippen LogP contribution in [-0.4, -0.2) is 33.6 Å². The van der Waals surface area contributed by atoms with Crippen LogP contribution < -0.4 is 10.9 Å². The van der Waals surface area contributed by atoms with E-state index in [0.29, 0.717) is 12.2 Å². The number of amides is 1. The molecule has 0 spiro atoms. The molecule has 182 valence electrons. The van der Waals surface area contributed by atoms with Crippen molar-refractivity contribution in [2.45, 2.75) is 83.2 Å². The van der Waals surface area contributed by atoms with Crippen molar-refractivity contribution in [3.63, 3.8) is 0 Å². The lowest BCUT2D eigenvalue weighted by Crippen LogP contribution is -2.60. The molecule has 6 rings (SSSR count). The molecule has 1 amide bonds. The fraction of sp³-hybridized carbons (Fsp3) is 0.630. The summed E-state index contributed by atoms with van der Waals surface area (Å²) < 4.78 is 7.03. The first kappa shape index (κ1) is 23.1. The number of nitrogens with zero attached hydrogens (tertiary/aromatic N) is 2. The summed E-state index contributed by atoms with van der Waals surface area (Å²) in [4.78, 5) is 42.5. The Hall–Kier alpha value is -2.70. The summed E-state index contributed by atoms with van der Waals surface area (Å²) >= 11 is 0. The summed E-state index contributed by atoms with van der Waals surface area (Å²) in [6.07, 6.45) is 9.24. The first-order chi connectivity index (χ1) is 16.4. The zero-order valence-electron chi connectivity index (χ0n) is 20.1. The van der Waals surface area contributed by atoms with E-state index in [2.05, 4.69) is 17.2 Å². The molecule has 1 heterocycles. The van der Waals surface area contributed by atoms with Crippen LogP contribution in [-0.2, 0) is 27.3 Å². The fourth-order valence-corrected chi connectivity index (χ4v) is 6.98. The monoisotopic (exact) mass is 465 g/mol. The molecular weight excluding hydrogens is 430 g/mol. The van der Waals surface area contributed by atoms with Crippen molar-refractivity contribution >= 4 is 22.9 Å². The summed E-state index contributed by atoms with van der Waals surface area (Å²) in [5.41, 5.74) is 1.69. The van der Waals surface area contributed by atoms with Crippen LogP contribution in [0.2, 0.25) is 0 Å². The Labute approximate surface area is 200 Å². The minimum atomic E-state index is -0.477. The highest BCUT2D eigenvalue weighted by Crippen LogP contribution is 2.55. The smallest absolute Gasteiger partial charge is 0.306 e. The Balaban J connectivity index is 1.16. The average molecular weight is 466 g/mol. The van der Waals surface area contributed by atoms with Gasteiger partial charge < -0.3 is 14.6 Å². The lowest BCUT2D eigenvalue weighted by molar-refractivity contribution is -0.150. The van der Waals surface area contributed by atoms with Gasteiger partial charge in [-0.25, -0.2) is 4.98 Å². The number of hydrogen-bond donors (Lipinski definition) is 1. The van der Waals surface area contributed by atoms with E-state index in [1.807, 2.05) is 24.3 Å². The number of benzene rings is 1. The molecule has 7 nitrogen and oxygen atoms in total. The number of nitrogens with one attached hydrogen (secondary N) is 1. The molecule has 0 aliphatic heterocycles. The number of carbonyl (C=O) groups is 2. The molecule has 1 N–H and O–H groups in total. The number of unbranched alkanes of at least 4 members (excludes halogenated alkanes) is 1. The van der Waals surface area contributed by atoms with Gasteiger partial charge in [-0.2, -0.15) is 0 Å². The molecule has 1 aromatic heterocycles. The SMILES string of the molecule is CCCCn1c(=O)c(CCC(=O)OCC(=O)NC23CC4CC(CC(C4)C2)C3)nc2ccccc21. The van der Waals surface area contributed by atoms with Crippen LogP contribution in [0.1, 0.15) is 70.4 Å². The minimum absolute atomic E-state index is 0.0268. The number of carbonyl (C=O) groups excluding carboxylic acids is 2. The van der Waals surface area contributed by atoms with Crippen LogP contribution in [0.3, 0.4) is 0 Å². The van der Waals surface area contributed by atoms with Crippen molar-refractivity contribution in [3.05, 3.63) is 40.3 Å². The molecule has 1 aromatic carbocycles. The van der Waals surface area contributed by atoms with Gasteiger partial charge in [0.2, 0.25) is 0 Å². The number of ether oxygens (including phenoxy) is 1. The molecule has 4 aliphatic carbocycles. The molecular formula is C27H35N3O4. The quantitative estimate of drug-likeness (QED) is 0.570. The Morgan fingerprint density at radius 1 is 1.12 bits per heavy atom. The van der Waals surface area contributed by atoms with Crippen LogP contribution in [0.4, 0.5) is 0 Å². The van der Waals surface area contributed by atoms with Gasteiger partial charge in [0.15, 0.2) is 6.61 Å². The number of para-hydroxylation sites is 2. The van der Waals surface area contributed by atoms with Crippen molar-refractivity contribution in [1.82, 2.24) is 14.9 Å².